The van der Waals surface area contributed by atoms with Crippen LogP contribution in [-0.4, -0.2) is 45.0 Å². The van der Waals surface area contributed by atoms with Crippen molar-refractivity contribution in [2.24, 2.45) is 0 Å². The second kappa shape index (κ2) is 7.75. The molecule has 1 aromatic carbocycles. The van der Waals surface area contributed by atoms with Gasteiger partial charge in [0.15, 0.2) is 0 Å². The quantitative estimate of drug-likeness (QED) is 0.743. The Morgan fingerprint density at radius 2 is 2.14 bits per heavy atom. The maximum Gasteiger partial charge on any atom is 0.237 e. The van der Waals surface area contributed by atoms with Gasteiger partial charge in [0.05, 0.1) is 11.8 Å². The molecule has 0 aliphatic heterocycles. The largest absolute Gasteiger partial charge is 0.325 e. The lowest BCUT2D eigenvalue weighted by Crippen LogP contribution is -2.23. The topological polar surface area (TPSA) is 84.7 Å². The first-order valence-corrected chi connectivity index (χ1v) is 7.52. The average molecular weight is 306 g/mol. The summed E-state index contributed by atoms with van der Waals surface area (Å²) in [7, 11) is 1.87. The van der Waals surface area contributed by atoms with Crippen LogP contribution in [0.5, 0.6) is 0 Å². The van der Waals surface area contributed by atoms with E-state index in [-0.39, 0.29) is 11.2 Å². The predicted molar refractivity (Wildman–Crippen MR) is 82.1 cm³/mol. The fourth-order valence-electron chi connectivity index (χ4n) is 1.62. The van der Waals surface area contributed by atoms with Crippen LogP contribution in [0, 0.1) is 0 Å². The van der Waals surface area contributed by atoms with Gasteiger partial charge in [-0.1, -0.05) is 30.0 Å². The molecule has 1 heterocycles. The van der Waals surface area contributed by atoms with Crippen molar-refractivity contribution >= 4 is 23.4 Å². The van der Waals surface area contributed by atoms with Gasteiger partial charge in [0.2, 0.25) is 11.1 Å². The third-order valence-corrected chi connectivity index (χ3v) is 3.84. The van der Waals surface area contributed by atoms with Gasteiger partial charge in [0, 0.05) is 12.2 Å². The molecule has 0 saturated heterocycles. The van der Waals surface area contributed by atoms with E-state index in [0.717, 1.165) is 12.2 Å². The number of para-hydroxylation sites is 1. The van der Waals surface area contributed by atoms with Crippen LogP contribution in [0.3, 0.4) is 0 Å². The second-order valence-corrected chi connectivity index (χ2v) is 5.71. The van der Waals surface area contributed by atoms with E-state index >= 15 is 0 Å². The lowest BCUT2D eigenvalue weighted by Gasteiger charge is -2.11. The second-order valence-electron chi connectivity index (χ2n) is 4.40. The highest BCUT2D eigenvalue weighted by Crippen LogP contribution is 2.21. The number of nitrogens with one attached hydrogen (secondary N) is 2. The molecule has 1 unspecified atom stereocenters. The maximum atomic E-state index is 12.1. The van der Waals surface area contributed by atoms with E-state index < -0.39 is 0 Å². The Balaban J connectivity index is 1.93. The molecule has 1 atom stereocenters. The van der Waals surface area contributed by atoms with Crippen molar-refractivity contribution in [2.75, 3.05) is 18.9 Å². The summed E-state index contributed by atoms with van der Waals surface area (Å²) >= 11 is 1.34. The van der Waals surface area contributed by atoms with Crippen molar-refractivity contribution in [3.05, 3.63) is 30.3 Å². The first kappa shape index (κ1) is 15.5. The van der Waals surface area contributed by atoms with Crippen LogP contribution in [0.1, 0.15) is 6.92 Å². The normalized spacial score (nSPS) is 12.1. The van der Waals surface area contributed by atoms with Crippen LogP contribution < -0.4 is 10.6 Å². The van der Waals surface area contributed by atoms with E-state index in [4.69, 9.17) is 0 Å². The molecule has 0 saturated carbocycles. The van der Waals surface area contributed by atoms with Gasteiger partial charge in [-0.15, -0.1) is 5.10 Å². The zero-order valence-corrected chi connectivity index (χ0v) is 12.8. The number of thioether (sulfide) groups is 1. The SMILES string of the molecule is CNCCn1nnnc1SC(C)C(=O)Nc1ccccc1. The summed E-state index contributed by atoms with van der Waals surface area (Å²) in [6, 6.07) is 9.37. The number of anilines is 1. The zero-order valence-electron chi connectivity index (χ0n) is 12.0. The number of rotatable bonds is 7. The first-order valence-electron chi connectivity index (χ1n) is 6.64. The molecular formula is C13H18N6OS. The average Bonchev–Trinajstić information content (AvgIpc) is 2.93. The van der Waals surface area contributed by atoms with Gasteiger partial charge < -0.3 is 10.6 Å². The highest BCUT2D eigenvalue weighted by atomic mass is 32.2. The minimum atomic E-state index is -0.287. The van der Waals surface area contributed by atoms with Crippen molar-refractivity contribution in [3.8, 4) is 0 Å². The first-order chi connectivity index (χ1) is 10.2. The van der Waals surface area contributed by atoms with Crippen molar-refractivity contribution in [1.29, 1.82) is 0 Å². The molecule has 8 heteroatoms. The Morgan fingerprint density at radius 1 is 1.38 bits per heavy atom. The minimum absolute atomic E-state index is 0.0747. The third kappa shape index (κ3) is 4.54. The summed E-state index contributed by atoms with van der Waals surface area (Å²) in [6.07, 6.45) is 0. The monoisotopic (exact) mass is 306 g/mol. The summed E-state index contributed by atoms with van der Waals surface area (Å²) in [5, 5.41) is 17.8. The molecule has 1 aromatic heterocycles. The number of hydrogen-bond acceptors (Lipinski definition) is 6. The maximum absolute atomic E-state index is 12.1. The number of hydrogen-bond donors (Lipinski definition) is 2. The molecule has 7 nitrogen and oxygen atoms in total. The summed E-state index contributed by atoms with van der Waals surface area (Å²) in [6.45, 7) is 3.27. The lowest BCUT2D eigenvalue weighted by atomic mass is 10.3. The molecule has 21 heavy (non-hydrogen) atoms. The van der Waals surface area contributed by atoms with Crippen LogP contribution in [0.25, 0.3) is 0 Å². The predicted octanol–water partition coefficient (Wildman–Crippen LogP) is 1.01. The van der Waals surface area contributed by atoms with E-state index in [0.29, 0.717) is 11.7 Å². The van der Waals surface area contributed by atoms with Gasteiger partial charge in [-0.3, -0.25) is 4.79 Å². The molecule has 0 spiro atoms. The van der Waals surface area contributed by atoms with Gasteiger partial charge in [-0.2, -0.15) is 0 Å². The molecule has 2 N–H and O–H groups in total. The van der Waals surface area contributed by atoms with Gasteiger partial charge in [0.1, 0.15) is 0 Å². The van der Waals surface area contributed by atoms with Crippen molar-refractivity contribution in [3.63, 3.8) is 0 Å². The highest BCUT2D eigenvalue weighted by Gasteiger charge is 2.18. The number of carbonyl (C=O) groups is 1. The van der Waals surface area contributed by atoms with Crippen molar-refractivity contribution in [2.45, 2.75) is 23.9 Å². The molecule has 0 aliphatic rings. The van der Waals surface area contributed by atoms with E-state index in [2.05, 4.69) is 26.2 Å². The smallest absolute Gasteiger partial charge is 0.237 e. The summed E-state index contributed by atoms with van der Waals surface area (Å²) in [4.78, 5) is 12.1. The molecule has 0 aliphatic carbocycles. The summed E-state index contributed by atoms with van der Waals surface area (Å²) < 4.78 is 1.69. The molecule has 2 rings (SSSR count). The summed E-state index contributed by atoms with van der Waals surface area (Å²) in [5.74, 6) is -0.0747. The van der Waals surface area contributed by atoms with Gasteiger partial charge in [0.25, 0.3) is 0 Å². The number of amides is 1. The Morgan fingerprint density at radius 3 is 2.86 bits per heavy atom. The molecule has 2 aromatic rings. The molecule has 112 valence electrons. The van der Waals surface area contributed by atoms with E-state index in [1.165, 1.54) is 11.8 Å². The molecule has 0 fully saturated rings. The van der Waals surface area contributed by atoms with E-state index in [1.807, 2.05) is 44.3 Å². The number of tetrazole rings is 1. The van der Waals surface area contributed by atoms with E-state index in [1.54, 1.807) is 4.68 Å². The fraction of sp³-hybridized carbons (Fsp3) is 0.385. The standard InChI is InChI=1S/C13H18N6OS/c1-10(12(20)15-11-6-4-3-5-7-11)21-13-16-17-18-19(13)9-8-14-2/h3-7,10,14H,8-9H2,1-2H3,(H,15,20). The number of aromatic nitrogens is 4. The molecule has 1 amide bonds. The number of benzene rings is 1. The fourth-order valence-corrected chi connectivity index (χ4v) is 2.43. The number of carbonyl (C=O) groups excluding carboxylic acids is 1. The summed E-state index contributed by atoms with van der Waals surface area (Å²) in [5.41, 5.74) is 0.782. The van der Waals surface area contributed by atoms with Crippen LogP contribution in [-0.2, 0) is 11.3 Å². The zero-order chi connectivity index (χ0) is 15.1. The van der Waals surface area contributed by atoms with Gasteiger partial charge in [-0.05, 0) is 36.5 Å². The van der Waals surface area contributed by atoms with Crippen molar-refractivity contribution in [1.82, 2.24) is 25.5 Å². The minimum Gasteiger partial charge on any atom is -0.325 e. The highest BCUT2D eigenvalue weighted by molar-refractivity contribution is 8.00. The van der Waals surface area contributed by atoms with Gasteiger partial charge in [-0.25, -0.2) is 4.68 Å². The Hall–Kier alpha value is -1.93. The lowest BCUT2D eigenvalue weighted by molar-refractivity contribution is -0.115. The Kier molecular flexibility index (Phi) is 5.70. The number of likely N-dealkylation sites (N-methyl/N-ethyl adjacent to an activating group) is 1. The number of nitrogens with zero attached hydrogens (tertiary/aromatic N) is 4. The van der Waals surface area contributed by atoms with Crippen LogP contribution in [0.15, 0.2) is 35.5 Å². The van der Waals surface area contributed by atoms with Crippen LogP contribution in [0.2, 0.25) is 0 Å². The van der Waals surface area contributed by atoms with Gasteiger partial charge >= 0.3 is 0 Å². The molecule has 0 bridgehead atoms. The van der Waals surface area contributed by atoms with E-state index in [9.17, 15) is 4.79 Å². The molecular weight excluding hydrogens is 288 g/mol. The van der Waals surface area contributed by atoms with Crippen molar-refractivity contribution < 1.29 is 4.79 Å². The van der Waals surface area contributed by atoms with Crippen LogP contribution >= 0.6 is 11.8 Å². The van der Waals surface area contributed by atoms with Crippen LogP contribution in [0.4, 0.5) is 5.69 Å². The third-order valence-electron chi connectivity index (χ3n) is 2.77. The Labute approximate surface area is 127 Å². The molecule has 0 radical (unpaired) electrons. The Bertz CT molecular complexity index is 573.